The van der Waals surface area contributed by atoms with E-state index < -0.39 is 17.9 Å². The van der Waals surface area contributed by atoms with Gasteiger partial charge >= 0.3 is 5.97 Å². The summed E-state index contributed by atoms with van der Waals surface area (Å²) in [5.41, 5.74) is 4.18. The molecule has 7 heteroatoms. The van der Waals surface area contributed by atoms with Crippen molar-refractivity contribution < 1.29 is 19.1 Å². The van der Waals surface area contributed by atoms with E-state index in [0.29, 0.717) is 35.0 Å². The van der Waals surface area contributed by atoms with Crippen LogP contribution in [0.1, 0.15) is 59.8 Å². The third-order valence-corrected chi connectivity index (χ3v) is 7.17. The second-order valence-corrected chi connectivity index (χ2v) is 10.6. The minimum absolute atomic E-state index is 0.160. The number of methoxy groups -OCH3 is 1. The number of hydrogen-bond donors (Lipinski definition) is 1. The Morgan fingerprint density at radius 3 is 2.61 bits per heavy atom. The molecule has 5 rings (SSSR count). The molecule has 1 amide bonds. The molecule has 1 N–H and O–H groups in total. The fourth-order valence-electron chi connectivity index (χ4n) is 5.14. The van der Waals surface area contributed by atoms with Crippen LogP contribution in [0.2, 0.25) is 5.02 Å². The van der Waals surface area contributed by atoms with Crippen LogP contribution in [0.25, 0.3) is 0 Å². The van der Waals surface area contributed by atoms with Crippen LogP contribution < -0.4 is 15.0 Å². The first-order valence-electron chi connectivity index (χ1n) is 12.0. The van der Waals surface area contributed by atoms with Crippen molar-refractivity contribution in [3.63, 3.8) is 0 Å². The molecule has 0 radical (unpaired) electrons. The zero-order valence-corrected chi connectivity index (χ0v) is 21.6. The highest BCUT2D eigenvalue weighted by molar-refractivity contribution is 6.32. The number of carbonyl (C=O) groups excluding carboxylic acids is 2. The summed E-state index contributed by atoms with van der Waals surface area (Å²) in [6.07, 6.45) is 0. The summed E-state index contributed by atoms with van der Waals surface area (Å²) in [4.78, 5) is 29.0. The van der Waals surface area contributed by atoms with Gasteiger partial charge in [-0.2, -0.15) is 0 Å². The molecule has 186 valence electrons. The number of ether oxygens (including phenoxy) is 2. The maximum absolute atomic E-state index is 14.0. The molecule has 36 heavy (non-hydrogen) atoms. The molecular formula is C29H29ClN2O4. The van der Waals surface area contributed by atoms with E-state index in [1.165, 1.54) is 7.11 Å². The summed E-state index contributed by atoms with van der Waals surface area (Å²) in [6, 6.07) is 18.0. The highest BCUT2D eigenvalue weighted by Crippen LogP contribution is 2.47. The molecular weight excluding hydrogens is 476 g/mol. The Hall–Kier alpha value is -3.51. The summed E-state index contributed by atoms with van der Waals surface area (Å²) >= 11 is 6.74. The molecule has 2 heterocycles. The Labute approximate surface area is 216 Å². The average molecular weight is 505 g/mol. The average Bonchev–Trinajstić information content (AvgIpc) is 2.87. The van der Waals surface area contributed by atoms with Gasteiger partial charge in [-0.25, -0.2) is 0 Å². The molecule has 0 saturated heterocycles. The van der Waals surface area contributed by atoms with Gasteiger partial charge in [0.15, 0.2) is 0 Å². The lowest BCUT2D eigenvalue weighted by Gasteiger charge is -2.41. The second-order valence-electron chi connectivity index (χ2n) is 10.2. The normalized spacial score (nSPS) is 19.0. The lowest BCUT2D eigenvalue weighted by molar-refractivity contribution is -0.143. The molecule has 3 aromatic carbocycles. The minimum Gasteiger partial charge on any atom is -0.490 e. The van der Waals surface area contributed by atoms with Crippen molar-refractivity contribution in [3.05, 3.63) is 87.9 Å². The van der Waals surface area contributed by atoms with Gasteiger partial charge in [0.2, 0.25) is 0 Å². The van der Waals surface area contributed by atoms with E-state index in [9.17, 15) is 9.59 Å². The van der Waals surface area contributed by atoms with Crippen LogP contribution in [0.15, 0.2) is 60.7 Å². The van der Waals surface area contributed by atoms with E-state index in [1.807, 2.05) is 48.5 Å². The predicted molar refractivity (Wildman–Crippen MR) is 141 cm³/mol. The molecule has 0 spiro atoms. The molecule has 0 aliphatic carbocycles. The maximum Gasteiger partial charge on any atom is 0.315 e. The van der Waals surface area contributed by atoms with Gasteiger partial charge in [-0.3, -0.25) is 14.5 Å². The van der Waals surface area contributed by atoms with Crippen molar-refractivity contribution in [2.45, 2.75) is 38.1 Å². The van der Waals surface area contributed by atoms with Crippen molar-refractivity contribution in [1.82, 2.24) is 0 Å². The number of fused-ring (bicyclic) bond motifs is 2. The first-order valence-corrected chi connectivity index (χ1v) is 12.4. The molecule has 2 aliphatic rings. The Balaban J connectivity index is 1.73. The van der Waals surface area contributed by atoms with Crippen LogP contribution in [0, 0.1) is 0 Å². The van der Waals surface area contributed by atoms with E-state index in [0.717, 1.165) is 22.6 Å². The molecule has 0 saturated carbocycles. The fourth-order valence-corrected chi connectivity index (χ4v) is 5.60. The molecule has 2 atom stereocenters. The third-order valence-electron chi connectivity index (χ3n) is 6.85. The van der Waals surface area contributed by atoms with Crippen LogP contribution in [0.5, 0.6) is 5.75 Å². The maximum atomic E-state index is 14.0. The lowest BCUT2D eigenvalue weighted by atomic mass is 9.79. The van der Waals surface area contributed by atoms with E-state index in [-0.39, 0.29) is 11.3 Å². The van der Waals surface area contributed by atoms with E-state index in [1.54, 1.807) is 17.0 Å². The van der Waals surface area contributed by atoms with Gasteiger partial charge in [0.05, 0.1) is 18.8 Å². The number of esters is 1. The number of benzene rings is 3. The summed E-state index contributed by atoms with van der Waals surface area (Å²) < 4.78 is 11.0. The first kappa shape index (κ1) is 24.2. The SMILES string of the molecule is COC(=O)[C@@H]1c2ccccc2C(=O)N(c2ccc(C(C)(C)C)c(Cl)c2)[C@H]1c1ccc2c(c1)NCCO2. The van der Waals surface area contributed by atoms with Crippen LogP contribution in [0.3, 0.4) is 0 Å². The van der Waals surface area contributed by atoms with Gasteiger partial charge in [0.25, 0.3) is 5.91 Å². The topological polar surface area (TPSA) is 67.9 Å². The fraction of sp³-hybridized carbons (Fsp3) is 0.310. The van der Waals surface area contributed by atoms with Gasteiger partial charge in [0, 0.05) is 22.8 Å². The number of anilines is 2. The number of carbonyl (C=O) groups is 2. The van der Waals surface area contributed by atoms with Gasteiger partial charge in [0.1, 0.15) is 18.3 Å². The summed E-state index contributed by atoms with van der Waals surface area (Å²) in [7, 11) is 1.38. The second kappa shape index (κ2) is 9.17. The standard InChI is InChI=1S/C29H29ClN2O4/c1-29(2,3)21-11-10-18(16-22(21)30)32-26(17-9-12-24-23(15-17)31-13-14-36-24)25(28(34)35-4)19-7-5-6-8-20(19)27(32)33/h5-12,15-16,25-26,31H,13-14H2,1-4H3/t25-,26+/m1/s1. The number of nitrogens with one attached hydrogen (secondary N) is 1. The van der Waals surface area contributed by atoms with Crippen molar-refractivity contribution in [2.24, 2.45) is 0 Å². The van der Waals surface area contributed by atoms with E-state index in [4.69, 9.17) is 21.1 Å². The Morgan fingerprint density at radius 1 is 1.11 bits per heavy atom. The van der Waals surface area contributed by atoms with Crippen LogP contribution in [0.4, 0.5) is 11.4 Å². The summed E-state index contributed by atoms with van der Waals surface area (Å²) in [5, 5.41) is 3.92. The Bertz CT molecular complexity index is 1350. The van der Waals surface area contributed by atoms with Gasteiger partial charge in [-0.1, -0.05) is 62.7 Å². The van der Waals surface area contributed by atoms with Crippen LogP contribution in [-0.2, 0) is 14.9 Å². The predicted octanol–water partition coefficient (Wildman–Crippen LogP) is 6.10. The van der Waals surface area contributed by atoms with E-state index in [2.05, 4.69) is 26.1 Å². The summed E-state index contributed by atoms with van der Waals surface area (Å²) in [5.74, 6) is -0.597. The van der Waals surface area contributed by atoms with Gasteiger partial charge < -0.3 is 14.8 Å². The van der Waals surface area contributed by atoms with Crippen molar-refractivity contribution in [2.75, 3.05) is 30.5 Å². The van der Waals surface area contributed by atoms with Gasteiger partial charge in [-0.15, -0.1) is 0 Å². The van der Waals surface area contributed by atoms with Crippen molar-refractivity contribution in [3.8, 4) is 5.75 Å². The molecule has 6 nitrogen and oxygen atoms in total. The minimum atomic E-state index is -0.729. The summed E-state index contributed by atoms with van der Waals surface area (Å²) in [6.45, 7) is 7.53. The number of halogens is 1. The molecule has 0 aromatic heterocycles. The van der Waals surface area contributed by atoms with Crippen LogP contribution in [-0.4, -0.2) is 32.1 Å². The lowest BCUT2D eigenvalue weighted by Crippen LogP contribution is -2.45. The highest BCUT2D eigenvalue weighted by atomic mass is 35.5. The molecule has 3 aromatic rings. The zero-order chi connectivity index (χ0) is 25.6. The number of amides is 1. The van der Waals surface area contributed by atoms with Crippen LogP contribution >= 0.6 is 11.6 Å². The molecule has 0 fully saturated rings. The largest absolute Gasteiger partial charge is 0.490 e. The zero-order valence-electron chi connectivity index (χ0n) is 20.8. The molecule has 0 bridgehead atoms. The number of nitrogens with zero attached hydrogens (tertiary/aromatic N) is 1. The molecule has 2 aliphatic heterocycles. The first-order chi connectivity index (χ1) is 17.2. The number of hydrogen-bond acceptors (Lipinski definition) is 5. The molecule has 0 unspecified atom stereocenters. The number of rotatable bonds is 3. The van der Waals surface area contributed by atoms with Gasteiger partial charge in [-0.05, 0) is 52.4 Å². The third kappa shape index (κ3) is 4.09. The quantitative estimate of drug-likeness (QED) is 0.436. The Kier molecular flexibility index (Phi) is 6.17. The van der Waals surface area contributed by atoms with Crippen molar-refractivity contribution in [1.29, 1.82) is 0 Å². The smallest absolute Gasteiger partial charge is 0.315 e. The monoisotopic (exact) mass is 504 g/mol. The Morgan fingerprint density at radius 2 is 1.89 bits per heavy atom. The van der Waals surface area contributed by atoms with E-state index >= 15 is 0 Å². The highest BCUT2D eigenvalue weighted by Gasteiger charge is 2.46. The van der Waals surface area contributed by atoms with Crippen molar-refractivity contribution >= 4 is 34.9 Å².